The van der Waals surface area contributed by atoms with Crippen LogP contribution in [-0.4, -0.2) is 0 Å². The lowest BCUT2D eigenvalue weighted by Crippen LogP contribution is -2.31. The van der Waals surface area contributed by atoms with Gasteiger partial charge in [-0.1, -0.05) is 23.8 Å². The first-order chi connectivity index (χ1) is 12.1. The molecule has 0 spiro atoms. The molecule has 6 rings (SSSR count). The molecule has 3 aliphatic rings. The fraction of sp³-hybridized carbons (Fsp3) is 0.375. The van der Waals surface area contributed by atoms with Crippen LogP contribution >= 0.6 is 0 Å². The zero-order valence-corrected chi connectivity index (χ0v) is 15.5. The normalized spacial score (nSPS) is 21.6. The maximum Gasteiger partial charge on any atom is 0.220 e. The third-order valence-electron chi connectivity index (χ3n) is 6.58. The van der Waals surface area contributed by atoms with E-state index in [1.54, 1.807) is 11.1 Å². The average Bonchev–Trinajstić information content (AvgIpc) is 2.63. The highest BCUT2D eigenvalue weighted by atomic mass is 14.9. The topological polar surface area (TPSA) is 3.88 Å². The summed E-state index contributed by atoms with van der Waals surface area (Å²) in [5.74, 6) is 1.61. The van der Waals surface area contributed by atoms with Crippen LogP contribution in [0.25, 0.3) is 22.0 Å². The largest absolute Gasteiger partial charge is 0.220 e. The van der Waals surface area contributed by atoms with Crippen LogP contribution in [0.4, 0.5) is 0 Å². The number of nitrogens with zero attached hydrogens (tertiary/aromatic N) is 1. The maximum absolute atomic E-state index is 2.54. The van der Waals surface area contributed by atoms with Gasteiger partial charge < -0.3 is 0 Å². The standard InChI is InChI=1S/C24H26N/c1-15-4-9-20-19(12-15)10-11-25(3)24(20)21-14-23-18-7-5-17(6-8-18)22(23)13-16(21)2/h4,9-14,17-18H,5-8H2,1-3H3/q+1. The molecule has 0 atom stereocenters. The first kappa shape index (κ1) is 15.1. The van der Waals surface area contributed by atoms with Crippen LogP contribution in [0.15, 0.2) is 42.6 Å². The van der Waals surface area contributed by atoms with Gasteiger partial charge in [0.25, 0.3) is 0 Å². The van der Waals surface area contributed by atoms with E-state index in [1.807, 2.05) is 0 Å². The van der Waals surface area contributed by atoms with Crippen molar-refractivity contribution in [2.75, 3.05) is 0 Å². The third kappa shape index (κ3) is 2.25. The molecule has 3 aromatic rings. The van der Waals surface area contributed by atoms with Gasteiger partial charge in [0.2, 0.25) is 5.69 Å². The summed E-state index contributed by atoms with van der Waals surface area (Å²) in [4.78, 5) is 0. The lowest BCUT2D eigenvalue weighted by Gasteiger charge is -2.38. The Morgan fingerprint density at radius 2 is 1.52 bits per heavy atom. The smallest absolute Gasteiger partial charge is 0.200 e. The summed E-state index contributed by atoms with van der Waals surface area (Å²) in [6.07, 6.45) is 7.79. The maximum atomic E-state index is 2.54. The van der Waals surface area contributed by atoms with E-state index in [0.29, 0.717) is 0 Å². The molecule has 0 aliphatic heterocycles. The Morgan fingerprint density at radius 3 is 2.24 bits per heavy atom. The summed E-state index contributed by atoms with van der Waals surface area (Å²) in [7, 11) is 2.18. The molecule has 1 aromatic heterocycles. The predicted octanol–water partition coefficient (Wildman–Crippen LogP) is 5.70. The molecule has 2 aromatic carbocycles. The van der Waals surface area contributed by atoms with Crippen LogP contribution in [0.1, 0.15) is 59.8 Å². The van der Waals surface area contributed by atoms with Crippen molar-refractivity contribution >= 4 is 10.8 Å². The number of aromatic nitrogens is 1. The number of hydrogen-bond acceptors (Lipinski definition) is 0. The summed E-state index contributed by atoms with van der Waals surface area (Å²) in [6.45, 7) is 4.47. The molecule has 1 fully saturated rings. The number of aryl methyl sites for hydroxylation is 3. The van der Waals surface area contributed by atoms with E-state index < -0.39 is 0 Å². The van der Waals surface area contributed by atoms with Gasteiger partial charge in [0.15, 0.2) is 6.20 Å². The molecule has 2 bridgehead atoms. The van der Waals surface area contributed by atoms with Gasteiger partial charge in [-0.3, -0.25) is 0 Å². The number of pyridine rings is 1. The fourth-order valence-electron chi connectivity index (χ4n) is 5.25. The van der Waals surface area contributed by atoms with Gasteiger partial charge in [-0.05, 0) is 85.6 Å². The minimum absolute atomic E-state index is 0.793. The van der Waals surface area contributed by atoms with Crippen LogP contribution in [0.5, 0.6) is 0 Å². The van der Waals surface area contributed by atoms with Crippen LogP contribution in [0, 0.1) is 13.8 Å². The molecule has 1 saturated carbocycles. The van der Waals surface area contributed by atoms with E-state index in [0.717, 1.165) is 11.8 Å². The average molecular weight is 328 g/mol. The van der Waals surface area contributed by atoms with Crippen LogP contribution in [0.2, 0.25) is 0 Å². The second-order valence-electron chi connectivity index (χ2n) is 8.21. The highest BCUT2D eigenvalue weighted by molar-refractivity contribution is 5.94. The van der Waals surface area contributed by atoms with E-state index in [1.165, 1.54) is 58.8 Å². The summed E-state index contributed by atoms with van der Waals surface area (Å²) in [6, 6.07) is 14.1. The Balaban J connectivity index is 1.79. The highest BCUT2D eigenvalue weighted by Gasteiger charge is 2.34. The molecular formula is C24H26N+. The van der Waals surface area contributed by atoms with E-state index >= 15 is 0 Å². The van der Waals surface area contributed by atoms with Crippen molar-refractivity contribution in [1.29, 1.82) is 0 Å². The van der Waals surface area contributed by atoms with Crippen molar-refractivity contribution in [1.82, 2.24) is 0 Å². The molecule has 1 nitrogen and oxygen atoms in total. The van der Waals surface area contributed by atoms with Crippen LogP contribution < -0.4 is 4.57 Å². The SMILES string of the molecule is Cc1ccc2c(-c3cc4c(cc3C)C3CCC4CC3)[n+](C)ccc2c1. The van der Waals surface area contributed by atoms with E-state index in [-0.39, 0.29) is 0 Å². The van der Waals surface area contributed by atoms with Crippen LogP contribution in [-0.2, 0) is 7.05 Å². The summed E-state index contributed by atoms with van der Waals surface area (Å²) < 4.78 is 2.30. The molecule has 3 aliphatic carbocycles. The summed E-state index contributed by atoms with van der Waals surface area (Å²) in [5, 5.41) is 2.70. The minimum Gasteiger partial charge on any atom is -0.200 e. The van der Waals surface area contributed by atoms with Gasteiger partial charge in [-0.2, -0.15) is 0 Å². The minimum atomic E-state index is 0.793. The molecule has 1 heterocycles. The lowest BCUT2D eigenvalue weighted by molar-refractivity contribution is -0.659. The first-order valence-corrected chi connectivity index (χ1v) is 9.65. The first-order valence-electron chi connectivity index (χ1n) is 9.65. The van der Waals surface area contributed by atoms with Gasteiger partial charge in [0.05, 0.1) is 10.9 Å². The Labute approximate surface area is 150 Å². The predicted molar refractivity (Wildman–Crippen MR) is 104 cm³/mol. The van der Waals surface area contributed by atoms with E-state index in [4.69, 9.17) is 0 Å². The third-order valence-corrected chi connectivity index (χ3v) is 6.58. The number of hydrogen-bond donors (Lipinski definition) is 0. The van der Waals surface area contributed by atoms with Crippen molar-refractivity contribution < 1.29 is 4.57 Å². The molecule has 0 saturated heterocycles. The van der Waals surface area contributed by atoms with Crippen LogP contribution in [0.3, 0.4) is 0 Å². The van der Waals surface area contributed by atoms with Gasteiger partial charge in [0.1, 0.15) is 7.05 Å². The summed E-state index contributed by atoms with van der Waals surface area (Å²) >= 11 is 0. The monoisotopic (exact) mass is 328 g/mol. The highest BCUT2D eigenvalue weighted by Crippen LogP contribution is 2.50. The second-order valence-corrected chi connectivity index (χ2v) is 8.21. The number of fused-ring (bicyclic) bond motifs is 3. The Bertz CT molecular complexity index is 991. The van der Waals surface area contributed by atoms with Crippen molar-refractivity contribution in [3.8, 4) is 11.3 Å². The van der Waals surface area contributed by atoms with Crippen molar-refractivity contribution in [3.05, 3.63) is 64.8 Å². The summed E-state index contributed by atoms with van der Waals surface area (Å²) in [5.41, 5.74) is 8.83. The molecule has 0 radical (unpaired) electrons. The zero-order valence-electron chi connectivity index (χ0n) is 15.5. The van der Waals surface area contributed by atoms with Crippen molar-refractivity contribution in [2.45, 2.75) is 51.4 Å². The molecule has 25 heavy (non-hydrogen) atoms. The molecule has 0 N–H and O–H groups in total. The van der Waals surface area contributed by atoms with Gasteiger partial charge >= 0.3 is 0 Å². The van der Waals surface area contributed by atoms with Gasteiger partial charge in [-0.25, -0.2) is 4.57 Å². The molecule has 0 unspecified atom stereocenters. The molecule has 1 heteroatoms. The van der Waals surface area contributed by atoms with Crippen molar-refractivity contribution in [2.24, 2.45) is 7.05 Å². The molecular weight excluding hydrogens is 302 g/mol. The van der Waals surface area contributed by atoms with Crippen molar-refractivity contribution in [3.63, 3.8) is 0 Å². The Hall–Kier alpha value is -2.15. The van der Waals surface area contributed by atoms with Gasteiger partial charge in [-0.15, -0.1) is 0 Å². The van der Waals surface area contributed by atoms with Gasteiger partial charge in [0, 0.05) is 6.07 Å². The van der Waals surface area contributed by atoms with E-state index in [2.05, 4.69) is 68.1 Å². The number of rotatable bonds is 1. The molecule has 126 valence electrons. The fourth-order valence-corrected chi connectivity index (χ4v) is 5.25. The lowest BCUT2D eigenvalue weighted by atomic mass is 9.66. The Kier molecular flexibility index (Phi) is 3.28. The molecule has 0 amide bonds. The zero-order chi connectivity index (χ0) is 17.1. The second kappa shape index (κ2) is 5.42. The van der Waals surface area contributed by atoms with E-state index in [9.17, 15) is 0 Å². The number of benzene rings is 2. The Morgan fingerprint density at radius 1 is 0.840 bits per heavy atom. The quantitative estimate of drug-likeness (QED) is 0.504.